The zero-order valence-corrected chi connectivity index (χ0v) is 23.7. The van der Waals surface area contributed by atoms with Gasteiger partial charge in [-0.1, -0.05) is 0 Å². The van der Waals surface area contributed by atoms with E-state index in [1.165, 1.54) is 13.0 Å². The number of allylic oxidation sites excluding steroid dienone is 2. The molecule has 0 atom stereocenters. The number of hydrogen-bond acceptors (Lipinski definition) is 11. The van der Waals surface area contributed by atoms with Crippen molar-refractivity contribution in [3.63, 3.8) is 0 Å². The lowest BCUT2D eigenvalue weighted by molar-refractivity contribution is 0.506. The molecule has 0 radical (unpaired) electrons. The SMILES string of the molecule is [C-]#[N+]C(=C1N=c2cc(F)c(F)cc2=N1)c1nc(C(C#N)=C2N=c3cc(F)c(F)cc3=N2)nc(/C(C#N)=C2/N=c3cc(C)c(F)cc3=N2)n1. The minimum atomic E-state index is -1.21. The third-order valence-corrected chi connectivity index (χ3v) is 6.94. The van der Waals surface area contributed by atoms with Gasteiger partial charge in [-0.3, -0.25) is 0 Å². The first-order valence-electron chi connectivity index (χ1n) is 13.3. The molecule has 0 fully saturated rings. The van der Waals surface area contributed by atoms with E-state index < -0.39 is 57.8 Å². The van der Waals surface area contributed by atoms with Crippen molar-refractivity contribution >= 4 is 16.8 Å². The predicted molar refractivity (Wildman–Crippen MR) is 149 cm³/mol. The molecule has 0 N–H and O–H groups in total. The molecule has 0 unspecified atom stereocenters. The number of rotatable bonds is 3. The second-order valence-electron chi connectivity index (χ2n) is 9.98. The molecule has 0 spiro atoms. The van der Waals surface area contributed by atoms with Gasteiger partial charge >= 0.3 is 0 Å². The Kier molecular flexibility index (Phi) is 6.77. The minimum Gasteiger partial charge on any atom is -0.238 e. The highest BCUT2D eigenvalue weighted by Gasteiger charge is 2.25. The largest absolute Gasteiger partial charge is 0.274 e. The van der Waals surface area contributed by atoms with Crippen molar-refractivity contribution in [3.8, 4) is 12.1 Å². The van der Waals surface area contributed by atoms with Crippen LogP contribution in [-0.4, -0.2) is 15.0 Å². The normalized spacial score (nSPS) is 14.3. The molecule has 7 rings (SSSR count). The van der Waals surface area contributed by atoms with Gasteiger partial charge in [-0.2, -0.15) is 10.5 Å². The van der Waals surface area contributed by atoms with Crippen molar-refractivity contribution < 1.29 is 22.0 Å². The Morgan fingerprint density at radius 2 is 0.875 bits per heavy atom. The Morgan fingerprint density at radius 1 is 0.542 bits per heavy atom. The first kappa shape index (κ1) is 29.5. The Bertz CT molecular complexity index is 2390. The van der Waals surface area contributed by atoms with E-state index in [0.29, 0.717) is 0 Å². The van der Waals surface area contributed by atoms with Gasteiger partial charge in [-0.15, -0.1) is 0 Å². The zero-order valence-electron chi connectivity index (χ0n) is 23.7. The van der Waals surface area contributed by atoms with Crippen LogP contribution in [0.3, 0.4) is 0 Å². The van der Waals surface area contributed by atoms with Crippen LogP contribution in [0.15, 0.2) is 83.8 Å². The average Bonchev–Trinajstić information content (AvgIpc) is 3.76. The first-order valence-corrected chi connectivity index (χ1v) is 13.3. The molecule has 3 aromatic carbocycles. The van der Waals surface area contributed by atoms with E-state index in [1.54, 1.807) is 0 Å². The van der Waals surface area contributed by atoms with E-state index in [2.05, 4.69) is 49.8 Å². The van der Waals surface area contributed by atoms with Crippen molar-refractivity contribution in [3.05, 3.63) is 150 Å². The molecule has 3 aliphatic heterocycles. The van der Waals surface area contributed by atoms with Crippen LogP contribution in [0.2, 0.25) is 0 Å². The summed E-state index contributed by atoms with van der Waals surface area (Å²) in [4.78, 5) is 41.0. The Morgan fingerprint density at radius 3 is 1.25 bits per heavy atom. The van der Waals surface area contributed by atoms with Gasteiger partial charge in [0.25, 0.3) is 5.70 Å². The number of halogens is 5. The molecule has 228 valence electrons. The van der Waals surface area contributed by atoms with Gasteiger partial charge in [0.15, 0.2) is 58.2 Å². The molecule has 0 bridgehead atoms. The van der Waals surface area contributed by atoms with Gasteiger partial charge in [0.2, 0.25) is 0 Å². The summed E-state index contributed by atoms with van der Waals surface area (Å²) < 4.78 is 69.8. The Labute approximate surface area is 262 Å². The van der Waals surface area contributed by atoms with Crippen LogP contribution < -0.4 is 32.1 Å². The molecule has 0 saturated carbocycles. The number of nitriles is 2. The summed E-state index contributed by atoms with van der Waals surface area (Å²) in [6, 6.07) is 9.35. The molecule has 4 aromatic rings. The number of aromatic nitrogens is 3. The summed E-state index contributed by atoms with van der Waals surface area (Å²) in [5.41, 5.74) is -1.05. The van der Waals surface area contributed by atoms with Crippen LogP contribution in [-0.2, 0) is 0 Å². The number of nitrogens with zero attached hydrogens (tertiary/aromatic N) is 12. The second kappa shape index (κ2) is 11.0. The Hall–Kier alpha value is -7.19. The van der Waals surface area contributed by atoms with Gasteiger partial charge in [-0.25, -0.2) is 71.7 Å². The van der Waals surface area contributed by atoms with Gasteiger partial charge in [0.1, 0.15) is 29.1 Å². The number of fused-ring (bicyclic) bond motifs is 3. The van der Waals surface area contributed by atoms with Crippen molar-refractivity contribution in [2.24, 2.45) is 30.0 Å². The monoisotopic (exact) mass is 644 g/mol. The van der Waals surface area contributed by atoms with E-state index >= 15 is 0 Å². The molecule has 0 saturated heterocycles. The molecular formula is C31H9F5N12. The van der Waals surface area contributed by atoms with Crippen LogP contribution >= 0.6 is 0 Å². The fourth-order valence-electron chi connectivity index (χ4n) is 4.64. The maximum absolute atomic E-state index is 14.2. The highest BCUT2D eigenvalue weighted by molar-refractivity contribution is 5.80. The minimum absolute atomic E-state index is 0.0937. The van der Waals surface area contributed by atoms with E-state index in [-0.39, 0.29) is 60.7 Å². The summed E-state index contributed by atoms with van der Waals surface area (Å²) in [5.74, 6) is -7.77. The summed E-state index contributed by atoms with van der Waals surface area (Å²) in [5, 5.41) is 20.3. The molecule has 3 aliphatic rings. The maximum Gasteiger partial charge on any atom is 0.274 e. The van der Waals surface area contributed by atoms with Crippen LogP contribution in [0.25, 0.3) is 21.7 Å². The van der Waals surface area contributed by atoms with Crippen LogP contribution in [0.5, 0.6) is 0 Å². The quantitative estimate of drug-likeness (QED) is 0.188. The average molecular weight is 644 g/mol. The molecule has 12 nitrogen and oxygen atoms in total. The summed E-state index contributed by atoms with van der Waals surface area (Å²) in [7, 11) is 0. The van der Waals surface area contributed by atoms with E-state index in [4.69, 9.17) is 6.57 Å². The molecule has 1 aromatic heterocycles. The van der Waals surface area contributed by atoms with Crippen LogP contribution in [0.4, 0.5) is 22.0 Å². The van der Waals surface area contributed by atoms with Crippen LogP contribution in [0.1, 0.15) is 23.0 Å². The summed E-state index contributed by atoms with van der Waals surface area (Å²) >= 11 is 0. The van der Waals surface area contributed by atoms with Gasteiger partial charge in [-0.05, 0) is 18.6 Å². The number of hydrogen-bond donors (Lipinski definition) is 0. The highest BCUT2D eigenvalue weighted by atomic mass is 19.2. The predicted octanol–water partition coefficient (Wildman–Crippen LogP) is 1.66. The van der Waals surface area contributed by atoms with E-state index in [9.17, 15) is 32.5 Å². The molecule has 4 heterocycles. The third kappa shape index (κ3) is 4.86. The standard InChI is InChI=1S/C31H9F5N12/c1-11-3-19-20(4-14(11)32)41-26(40-19)12(9-37)28-46-29(13(10-38)27-42-21-5-15(33)16(34)6-22(21)43-27)48-31(47-28)25(39-2)30-44-23-7-17(35)18(36)8-24(23)45-30/h3-8H,1H3/b26-12-. The maximum atomic E-state index is 14.2. The van der Waals surface area contributed by atoms with Crippen molar-refractivity contribution in [2.45, 2.75) is 6.92 Å². The smallest absolute Gasteiger partial charge is 0.238 e. The van der Waals surface area contributed by atoms with Crippen LogP contribution in [0, 0.1) is 65.2 Å². The molecular weight excluding hydrogens is 635 g/mol. The zero-order chi connectivity index (χ0) is 33.9. The van der Waals surface area contributed by atoms with Gasteiger partial charge in [0.05, 0.1) is 38.7 Å². The highest BCUT2D eigenvalue weighted by Crippen LogP contribution is 2.26. The summed E-state index contributed by atoms with van der Waals surface area (Å²) in [6.07, 6.45) is 0. The fourth-order valence-corrected chi connectivity index (χ4v) is 4.64. The van der Waals surface area contributed by atoms with Crippen molar-refractivity contribution in [1.29, 1.82) is 10.5 Å². The molecule has 17 heteroatoms. The van der Waals surface area contributed by atoms with E-state index in [1.807, 2.05) is 12.1 Å². The number of aryl methyl sites for hydroxylation is 1. The lowest BCUT2D eigenvalue weighted by Crippen LogP contribution is -2.23. The summed E-state index contributed by atoms with van der Waals surface area (Å²) in [6.45, 7) is 9.37. The Balaban J connectivity index is 1.50. The number of benzene rings is 3. The molecule has 48 heavy (non-hydrogen) atoms. The lowest BCUT2D eigenvalue weighted by atomic mass is 10.2. The van der Waals surface area contributed by atoms with Crippen molar-refractivity contribution in [2.75, 3.05) is 0 Å². The molecule has 0 amide bonds. The lowest BCUT2D eigenvalue weighted by Gasteiger charge is -2.07. The van der Waals surface area contributed by atoms with E-state index in [0.717, 1.165) is 30.3 Å². The van der Waals surface area contributed by atoms with Crippen molar-refractivity contribution in [1.82, 2.24) is 15.0 Å². The fraction of sp³-hybridized carbons (Fsp3) is 0.0323. The van der Waals surface area contributed by atoms with Gasteiger partial charge < -0.3 is 0 Å². The third-order valence-electron chi connectivity index (χ3n) is 6.94. The topological polar surface area (TPSA) is 165 Å². The first-order chi connectivity index (χ1) is 23.1. The molecule has 0 aliphatic carbocycles. The van der Waals surface area contributed by atoms with Gasteiger partial charge in [0, 0.05) is 30.3 Å². The second-order valence-corrected chi connectivity index (χ2v) is 9.98.